The molecule has 1 saturated carbocycles. The SMILES string of the molecule is CSc1cccc(N2C(=O)N(CC3CCC3)c3ccccc3S2(=O)=O)c1. The number of anilines is 2. The quantitative estimate of drug-likeness (QED) is 0.731. The number of para-hydroxylation sites is 1. The molecular weight excluding hydrogens is 368 g/mol. The van der Waals surface area contributed by atoms with Crippen LogP contribution < -0.4 is 9.21 Å². The summed E-state index contributed by atoms with van der Waals surface area (Å²) in [5.74, 6) is 0.437. The van der Waals surface area contributed by atoms with Gasteiger partial charge < -0.3 is 0 Å². The molecular formula is C19H20N2O3S2. The van der Waals surface area contributed by atoms with E-state index in [1.165, 1.54) is 18.2 Å². The molecule has 0 spiro atoms. The van der Waals surface area contributed by atoms with Gasteiger partial charge in [-0.15, -0.1) is 11.8 Å². The number of thioether (sulfide) groups is 1. The summed E-state index contributed by atoms with van der Waals surface area (Å²) in [6.45, 7) is 0.560. The minimum Gasteiger partial charge on any atom is -0.292 e. The summed E-state index contributed by atoms with van der Waals surface area (Å²) < 4.78 is 27.4. The first-order valence-corrected chi connectivity index (χ1v) is 11.3. The fraction of sp³-hybridized carbons (Fsp3) is 0.316. The molecule has 136 valence electrons. The Kier molecular flexibility index (Phi) is 4.44. The molecule has 0 aromatic heterocycles. The van der Waals surface area contributed by atoms with E-state index in [-0.39, 0.29) is 4.90 Å². The first kappa shape index (κ1) is 17.4. The van der Waals surface area contributed by atoms with Crippen molar-refractivity contribution in [3.05, 3.63) is 48.5 Å². The number of amides is 2. The highest BCUT2D eigenvalue weighted by Gasteiger charge is 2.43. The first-order valence-electron chi connectivity index (χ1n) is 8.62. The highest BCUT2D eigenvalue weighted by molar-refractivity contribution is 7.98. The number of hydrogen-bond donors (Lipinski definition) is 0. The Bertz CT molecular complexity index is 955. The van der Waals surface area contributed by atoms with Crippen molar-refractivity contribution in [1.82, 2.24) is 0 Å². The standard InChI is InChI=1S/C19H20N2O3S2/c1-25-16-9-5-8-15(12-16)21-19(22)20(13-14-6-4-7-14)17-10-2-3-11-18(17)26(21,23)24/h2-3,5,8-12,14H,4,6-7,13H2,1H3. The van der Waals surface area contributed by atoms with Crippen LogP contribution in [0.4, 0.5) is 16.2 Å². The lowest BCUT2D eigenvalue weighted by atomic mass is 9.85. The van der Waals surface area contributed by atoms with Gasteiger partial charge in [-0.1, -0.05) is 24.6 Å². The second kappa shape index (κ2) is 6.63. The molecule has 2 aromatic rings. The van der Waals surface area contributed by atoms with Crippen molar-refractivity contribution in [3.8, 4) is 0 Å². The van der Waals surface area contributed by atoms with Crippen LogP contribution in [0.1, 0.15) is 19.3 Å². The fourth-order valence-electron chi connectivity index (χ4n) is 3.41. The molecule has 0 saturated heterocycles. The average Bonchev–Trinajstić information content (AvgIpc) is 2.60. The summed E-state index contributed by atoms with van der Waals surface area (Å²) in [5.41, 5.74) is 0.872. The molecule has 0 radical (unpaired) electrons. The van der Waals surface area contributed by atoms with E-state index in [4.69, 9.17) is 0 Å². The van der Waals surface area contributed by atoms with Gasteiger partial charge >= 0.3 is 6.03 Å². The lowest BCUT2D eigenvalue weighted by molar-refractivity contribution is 0.248. The zero-order valence-electron chi connectivity index (χ0n) is 14.5. The van der Waals surface area contributed by atoms with Crippen molar-refractivity contribution < 1.29 is 13.2 Å². The summed E-state index contributed by atoms with van der Waals surface area (Å²) >= 11 is 1.51. The van der Waals surface area contributed by atoms with Crippen molar-refractivity contribution in [1.29, 1.82) is 0 Å². The second-order valence-corrected chi connectivity index (χ2v) is 9.26. The van der Waals surface area contributed by atoms with Gasteiger partial charge in [0.05, 0.1) is 11.4 Å². The minimum absolute atomic E-state index is 0.188. The zero-order valence-corrected chi connectivity index (χ0v) is 16.1. The van der Waals surface area contributed by atoms with Crippen LogP contribution in [0.15, 0.2) is 58.3 Å². The van der Waals surface area contributed by atoms with Crippen molar-refractivity contribution in [3.63, 3.8) is 0 Å². The molecule has 1 aliphatic carbocycles. The molecule has 1 fully saturated rings. The van der Waals surface area contributed by atoms with E-state index in [9.17, 15) is 13.2 Å². The monoisotopic (exact) mass is 388 g/mol. The molecule has 2 amide bonds. The zero-order chi connectivity index (χ0) is 18.3. The maximum absolute atomic E-state index is 13.2. The molecule has 1 heterocycles. The van der Waals surface area contributed by atoms with Gasteiger partial charge in [-0.3, -0.25) is 4.90 Å². The minimum atomic E-state index is -3.93. The number of fused-ring (bicyclic) bond motifs is 1. The van der Waals surface area contributed by atoms with Gasteiger partial charge in [0.15, 0.2) is 0 Å². The third-order valence-electron chi connectivity index (χ3n) is 5.03. The molecule has 26 heavy (non-hydrogen) atoms. The Morgan fingerprint density at radius 3 is 2.58 bits per heavy atom. The number of nitrogens with zero attached hydrogens (tertiary/aromatic N) is 2. The Morgan fingerprint density at radius 1 is 1.12 bits per heavy atom. The first-order chi connectivity index (χ1) is 12.5. The topological polar surface area (TPSA) is 57.7 Å². The smallest absolute Gasteiger partial charge is 0.292 e. The summed E-state index contributed by atoms with van der Waals surface area (Å²) in [6.07, 6.45) is 5.26. The molecule has 5 nitrogen and oxygen atoms in total. The molecule has 1 aliphatic heterocycles. The third-order valence-corrected chi connectivity index (χ3v) is 7.51. The van der Waals surface area contributed by atoms with Crippen LogP contribution in [0.5, 0.6) is 0 Å². The Hall–Kier alpha value is -1.99. The van der Waals surface area contributed by atoms with E-state index in [0.717, 1.165) is 22.0 Å². The van der Waals surface area contributed by atoms with Crippen molar-refractivity contribution >= 4 is 39.2 Å². The van der Waals surface area contributed by atoms with Gasteiger partial charge in [0.2, 0.25) is 0 Å². The number of carbonyl (C=O) groups is 1. The normalized spacial score (nSPS) is 19.2. The predicted octanol–water partition coefficient (Wildman–Crippen LogP) is 4.34. The lowest BCUT2D eigenvalue weighted by Gasteiger charge is -2.39. The van der Waals surface area contributed by atoms with Gasteiger partial charge in [-0.2, -0.15) is 4.31 Å². The maximum atomic E-state index is 13.2. The Morgan fingerprint density at radius 2 is 1.88 bits per heavy atom. The van der Waals surface area contributed by atoms with Crippen LogP contribution in [-0.2, 0) is 10.0 Å². The van der Waals surface area contributed by atoms with Crippen molar-refractivity contribution in [2.45, 2.75) is 29.1 Å². The van der Waals surface area contributed by atoms with Gasteiger partial charge in [0, 0.05) is 11.4 Å². The Labute approximate surface area is 158 Å². The van der Waals surface area contributed by atoms with Crippen LogP contribution in [0, 0.1) is 5.92 Å². The molecule has 2 aromatic carbocycles. The molecule has 4 rings (SSSR count). The van der Waals surface area contributed by atoms with E-state index in [1.54, 1.807) is 47.4 Å². The van der Waals surface area contributed by atoms with Crippen LogP contribution in [-0.4, -0.2) is 27.2 Å². The van der Waals surface area contributed by atoms with Crippen molar-refractivity contribution in [2.24, 2.45) is 5.92 Å². The predicted molar refractivity (Wildman–Crippen MR) is 104 cm³/mol. The lowest BCUT2D eigenvalue weighted by Crippen LogP contribution is -2.52. The van der Waals surface area contributed by atoms with Crippen LogP contribution in [0.25, 0.3) is 0 Å². The van der Waals surface area contributed by atoms with Gasteiger partial charge in [0.25, 0.3) is 10.0 Å². The van der Waals surface area contributed by atoms with Crippen molar-refractivity contribution in [2.75, 3.05) is 22.0 Å². The summed E-state index contributed by atoms with van der Waals surface area (Å²) in [4.78, 5) is 16.0. The highest BCUT2D eigenvalue weighted by Crippen LogP contribution is 2.39. The van der Waals surface area contributed by atoms with E-state index in [2.05, 4.69) is 0 Å². The number of hydrogen-bond acceptors (Lipinski definition) is 4. The highest BCUT2D eigenvalue weighted by atomic mass is 32.2. The van der Waals surface area contributed by atoms with E-state index in [1.807, 2.05) is 12.3 Å². The number of benzene rings is 2. The van der Waals surface area contributed by atoms with Crippen LogP contribution in [0.2, 0.25) is 0 Å². The maximum Gasteiger partial charge on any atom is 0.343 e. The summed E-state index contributed by atoms with van der Waals surface area (Å²) in [7, 11) is -3.93. The molecule has 0 atom stereocenters. The van der Waals surface area contributed by atoms with Crippen LogP contribution >= 0.6 is 11.8 Å². The average molecular weight is 389 g/mol. The van der Waals surface area contributed by atoms with E-state index < -0.39 is 16.1 Å². The van der Waals surface area contributed by atoms with Gasteiger partial charge in [0.1, 0.15) is 4.90 Å². The molecule has 0 N–H and O–H groups in total. The number of sulfonamides is 1. The third kappa shape index (κ3) is 2.79. The number of rotatable bonds is 4. The second-order valence-electron chi connectivity index (χ2n) is 6.63. The number of carbonyl (C=O) groups excluding carboxylic acids is 1. The fourth-order valence-corrected chi connectivity index (χ4v) is 5.45. The van der Waals surface area contributed by atoms with Crippen LogP contribution in [0.3, 0.4) is 0 Å². The molecule has 0 bridgehead atoms. The Balaban J connectivity index is 1.84. The van der Waals surface area contributed by atoms with Gasteiger partial charge in [-0.25, -0.2) is 13.2 Å². The van der Waals surface area contributed by atoms with E-state index >= 15 is 0 Å². The van der Waals surface area contributed by atoms with Gasteiger partial charge in [-0.05, 0) is 55.3 Å². The molecule has 7 heteroatoms. The summed E-state index contributed by atoms with van der Waals surface area (Å²) in [5, 5.41) is 0. The largest absolute Gasteiger partial charge is 0.343 e. The molecule has 2 aliphatic rings. The summed E-state index contributed by atoms with van der Waals surface area (Å²) in [6, 6.07) is 13.4. The molecule has 0 unspecified atom stereocenters. The van der Waals surface area contributed by atoms with E-state index in [0.29, 0.717) is 23.8 Å². The number of urea groups is 1.